The van der Waals surface area contributed by atoms with Crippen LogP contribution < -0.4 is 5.73 Å². The van der Waals surface area contributed by atoms with Crippen molar-refractivity contribution in [2.75, 3.05) is 19.7 Å². The van der Waals surface area contributed by atoms with E-state index in [-0.39, 0.29) is 24.9 Å². The second-order valence-electron chi connectivity index (χ2n) is 4.74. The minimum Gasteiger partial charge on any atom is -0.409 e. The Balaban J connectivity index is 2.98. The third-order valence-electron chi connectivity index (χ3n) is 3.75. The highest BCUT2D eigenvalue weighted by atomic mass is 16.4. The van der Waals surface area contributed by atoms with Crippen molar-refractivity contribution in [1.29, 1.82) is 0 Å². The van der Waals surface area contributed by atoms with E-state index in [2.05, 4.69) is 5.16 Å². The van der Waals surface area contributed by atoms with Gasteiger partial charge in [0.1, 0.15) is 5.41 Å². The zero-order chi connectivity index (χ0) is 13.6. The summed E-state index contributed by atoms with van der Waals surface area (Å²) in [5.41, 5.74) is 4.89. The second-order valence-corrected chi connectivity index (χ2v) is 4.74. The van der Waals surface area contributed by atoms with Crippen LogP contribution in [0, 0.1) is 5.41 Å². The van der Waals surface area contributed by atoms with Gasteiger partial charge in [-0.3, -0.25) is 4.79 Å². The normalized spacial score (nSPS) is 19.6. The minimum absolute atomic E-state index is 0.00332. The van der Waals surface area contributed by atoms with Crippen molar-refractivity contribution in [2.45, 2.75) is 39.0 Å². The van der Waals surface area contributed by atoms with Gasteiger partial charge in [-0.2, -0.15) is 0 Å². The van der Waals surface area contributed by atoms with Crippen LogP contribution in [-0.2, 0) is 4.79 Å². The smallest absolute Gasteiger partial charge is 0.236 e. The van der Waals surface area contributed by atoms with Gasteiger partial charge in [-0.15, -0.1) is 0 Å². The standard InChI is InChI=1S/C12H23N3O3/c1-2-15(8-9-16)11(17)12(10(13)14-18)6-4-3-5-7-12/h16,18H,2-9H2,1H3,(H2,13,14). The van der Waals surface area contributed by atoms with Gasteiger partial charge in [-0.1, -0.05) is 24.4 Å². The zero-order valence-electron chi connectivity index (χ0n) is 10.9. The van der Waals surface area contributed by atoms with Crippen LogP contribution in [0.2, 0.25) is 0 Å². The molecule has 0 unspecified atom stereocenters. The topological polar surface area (TPSA) is 99.2 Å². The number of aliphatic hydroxyl groups is 1. The molecule has 104 valence electrons. The van der Waals surface area contributed by atoms with Crippen molar-refractivity contribution in [2.24, 2.45) is 16.3 Å². The molecule has 18 heavy (non-hydrogen) atoms. The molecule has 0 aromatic carbocycles. The van der Waals surface area contributed by atoms with E-state index in [1.165, 1.54) is 0 Å². The minimum atomic E-state index is -0.877. The molecule has 4 N–H and O–H groups in total. The molecule has 0 aliphatic heterocycles. The summed E-state index contributed by atoms with van der Waals surface area (Å²) in [5, 5.41) is 21.0. The maximum Gasteiger partial charge on any atom is 0.236 e. The predicted octanol–water partition coefficient (Wildman–Crippen LogP) is 0.524. The number of hydrogen-bond donors (Lipinski definition) is 3. The Hall–Kier alpha value is -1.30. The van der Waals surface area contributed by atoms with Crippen LogP contribution in [0.15, 0.2) is 5.16 Å². The van der Waals surface area contributed by atoms with E-state index < -0.39 is 5.41 Å². The number of amides is 1. The maximum absolute atomic E-state index is 12.6. The molecule has 0 atom stereocenters. The van der Waals surface area contributed by atoms with Gasteiger partial charge in [0.2, 0.25) is 5.91 Å². The Labute approximate surface area is 107 Å². The third-order valence-corrected chi connectivity index (χ3v) is 3.75. The van der Waals surface area contributed by atoms with Crippen LogP contribution in [0.5, 0.6) is 0 Å². The first-order valence-corrected chi connectivity index (χ1v) is 6.50. The predicted molar refractivity (Wildman–Crippen MR) is 68.3 cm³/mol. The first-order valence-electron chi connectivity index (χ1n) is 6.50. The number of carbonyl (C=O) groups is 1. The van der Waals surface area contributed by atoms with Crippen molar-refractivity contribution in [1.82, 2.24) is 4.90 Å². The number of nitrogens with two attached hydrogens (primary N) is 1. The number of hydrogen-bond acceptors (Lipinski definition) is 4. The number of carbonyl (C=O) groups excluding carboxylic acids is 1. The van der Waals surface area contributed by atoms with E-state index >= 15 is 0 Å². The van der Waals surface area contributed by atoms with Gasteiger partial charge in [-0.05, 0) is 19.8 Å². The van der Waals surface area contributed by atoms with Gasteiger partial charge in [0.25, 0.3) is 0 Å². The molecule has 1 rings (SSSR count). The Morgan fingerprint density at radius 3 is 2.44 bits per heavy atom. The molecule has 1 aliphatic rings. The van der Waals surface area contributed by atoms with Crippen LogP contribution >= 0.6 is 0 Å². The molecule has 0 radical (unpaired) electrons. The van der Waals surface area contributed by atoms with Gasteiger partial charge in [-0.25, -0.2) is 0 Å². The molecule has 1 saturated carbocycles. The average molecular weight is 257 g/mol. The molecule has 6 nitrogen and oxygen atoms in total. The van der Waals surface area contributed by atoms with Crippen molar-refractivity contribution in [3.63, 3.8) is 0 Å². The van der Waals surface area contributed by atoms with Gasteiger partial charge in [0.05, 0.1) is 6.61 Å². The van der Waals surface area contributed by atoms with E-state index in [0.717, 1.165) is 19.3 Å². The fourth-order valence-corrected chi connectivity index (χ4v) is 2.66. The summed E-state index contributed by atoms with van der Waals surface area (Å²) in [6.45, 7) is 2.58. The van der Waals surface area contributed by atoms with E-state index in [1.807, 2.05) is 6.92 Å². The molecule has 0 heterocycles. The summed E-state index contributed by atoms with van der Waals surface area (Å²) in [6, 6.07) is 0. The van der Waals surface area contributed by atoms with Crippen LogP contribution in [0.25, 0.3) is 0 Å². The van der Waals surface area contributed by atoms with Crippen molar-refractivity contribution in [3.8, 4) is 0 Å². The largest absolute Gasteiger partial charge is 0.409 e. The molecular formula is C12H23N3O3. The molecule has 0 saturated heterocycles. The highest BCUT2D eigenvalue weighted by Gasteiger charge is 2.45. The van der Waals surface area contributed by atoms with Gasteiger partial charge < -0.3 is 20.9 Å². The summed E-state index contributed by atoms with van der Waals surface area (Å²) < 4.78 is 0. The lowest BCUT2D eigenvalue weighted by molar-refractivity contribution is -0.140. The zero-order valence-corrected chi connectivity index (χ0v) is 10.9. The fraction of sp³-hybridized carbons (Fsp3) is 0.833. The van der Waals surface area contributed by atoms with E-state index in [0.29, 0.717) is 19.4 Å². The highest BCUT2D eigenvalue weighted by Crippen LogP contribution is 2.38. The summed E-state index contributed by atoms with van der Waals surface area (Å²) in [7, 11) is 0. The lowest BCUT2D eigenvalue weighted by Gasteiger charge is -2.38. The Kier molecular flexibility index (Phi) is 5.40. The number of nitrogens with zero attached hydrogens (tertiary/aromatic N) is 2. The van der Waals surface area contributed by atoms with Crippen LogP contribution in [-0.4, -0.2) is 46.7 Å². The lowest BCUT2D eigenvalue weighted by Crippen LogP contribution is -2.53. The molecule has 0 aromatic rings. The molecular weight excluding hydrogens is 234 g/mol. The lowest BCUT2D eigenvalue weighted by atomic mass is 9.72. The number of likely N-dealkylation sites (N-methyl/N-ethyl adjacent to an activating group) is 1. The van der Waals surface area contributed by atoms with E-state index in [1.54, 1.807) is 4.90 Å². The SMILES string of the molecule is CCN(CCO)C(=O)C1(C(N)=NO)CCCCC1. The average Bonchev–Trinajstić information content (AvgIpc) is 2.43. The van der Waals surface area contributed by atoms with Gasteiger partial charge in [0.15, 0.2) is 5.84 Å². The van der Waals surface area contributed by atoms with Gasteiger partial charge >= 0.3 is 0 Å². The summed E-state index contributed by atoms with van der Waals surface area (Å²) in [6.07, 6.45) is 4.10. The third kappa shape index (κ3) is 2.75. The first-order chi connectivity index (χ1) is 8.62. The molecule has 0 bridgehead atoms. The Morgan fingerprint density at radius 2 is 2.00 bits per heavy atom. The van der Waals surface area contributed by atoms with Crippen molar-refractivity contribution < 1.29 is 15.1 Å². The molecule has 1 aliphatic carbocycles. The van der Waals surface area contributed by atoms with Crippen molar-refractivity contribution in [3.05, 3.63) is 0 Å². The summed E-state index contributed by atoms with van der Waals surface area (Å²) in [4.78, 5) is 14.2. The highest BCUT2D eigenvalue weighted by molar-refractivity contribution is 6.06. The van der Waals surface area contributed by atoms with E-state index in [9.17, 15) is 4.79 Å². The number of aliphatic hydroxyl groups excluding tert-OH is 1. The first kappa shape index (κ1) is 14.8. The monoisotopic (exact) mass is 257 g/mol. The molecule has 0 aromatic heterocycles. The Bertz CT molecular complexity index is 312. The molecule has 6 heteroatoms. The van der Waals surface area contributed by atoms with Crippen LogP contribution in [0.1, 0.15) is 39.0 Å². The number of oxime groups is 1. The fourth-order valence-electron chi connectivity index (χ4n) is 2.66. The van der Waals surface area contributed by atoms with Crippen molar-refractivity contribution >= 4 is 11.7 Å². The quantitative estimate of drug-likeness (QED) is 0.289. The number of rotatable bonds is 5. The van der Waals surface area contributed by atoms with E-state index in [4.69, 9.17) is 16.0 Å². The Morgan fingerprint density at radius 1 is 1.39 bits per heavy atom. The molecule has 1 fully saturated rings. The number of amidine groups is 1. The second kappa shape index (κ2) is 6.58. The van der Waals surface area contributed by atoms with Crippen LogP contribution in [0.3, 0.4) is 0 Å². The summed E-state index contributed by atoms with van der Waals surface area (Å²) in [5.74, 6) is -0.127. The molecule has 0 spiro atoms. The summed E-state index contributed by atoms with van der Waals surface area (Å²) >= 11 is 0. The molecule has 1 amide bonds. The maximum atomic E-state index is 12.6. The van der Waals surface area contributed by atoms with Gasteiger partial charge in [0, 0.05) is 13.1 Å². The van der Waals surface area contributed by atoms with Crippen LogP contribution in [0.4, 0.5) is 0 Å².